The fourth-order valence-corrected chi connectivity index (χ4v) is 3.72. The molecule has 19 heavy (non-hydrogen) atoms. The Morgan fingerprint density at radius 2 is 2.16 bits per heavy atom. The van der Waals surface area contributed by atoms with E-state index in [2.05, 4.69) is 23.1 Å². The van der Waals surface area contributed by atoms with Gasteiger partial charge in [0.2, 0.25) is 0 Å². The Labute approximate surface area is 112 Å². The lowest BCUT2D eigenvalue weighted by atomic mass is 10.1. The average Bonchev–Trinajstić information content (AvgIpc) is 3.08. The zero-order chi connectivity index (χ0) is 12.8. The highest BCUT2D eigenvalue weighted by Crippen LogP contribution is 2.41. The van der Waals surface area contributed by atoms with Gasteiger partial charge in [-0.3, -0.25) is 0 Å². The zero-order valence-electron chi connectivity index (χ0n) is 10.9. The second-order valence-corrected chi connectivity index (χ2v) is 5.80. The molecule has 0 radical (unpaired) electrons. The number of fused-ring (bicyclic) bond motifs is 3. The van der Waals surface area contributed by atoms with Gasteiger partial charge in [-0.15, -0.1) is 0 Å². The van der Waals surface area contributed by atoms with E-state index in [9.17, 15) is 5.11 Å². The van der Waals surface area contributed by atoms with Crippen LogP contribution in [0.3, 0.4) is 0 Å². The minimum Gasteiger partial charge on any atom is -0.390 e. The van der Waals surface area contributed by atoms with E-state index < -0.39 is 0 Å². The molecule has 2 heterocycles. The summed E-state index contributed by atoms with van der Waals surface area (Å²) < 4.78 is 0. The Balaban J connectivity index is 1.88. The number of piperidine rings is 1. The summed E-state index contributed by atoms with van der Waals surface area (Å²) in [5, 5.41) is 11.8. The van der Waals surface area contributed by atoms with Crippen LogP contribution in [0.15, 0.2) is 30.3 Å². The summed E-state index contributed by atoms with van der Waals surface area (Å²) in [6.45, 7) is 1.15. The van der Waals surface area contributed by atoms with Gasteiger partial charge in [0.1, 0.15) is 5.82 Å². The van der Waals surface area contributed by atoms with Crippen LogP contribution in [0.2, 0.25) is 0 Å². The summed E-state index contributed by atoms with van der Waals surface area (Å²) >= 11 is 0. The van der Waals surface area contributed by atoms with E-state index in [1.54, 1.807) is 0 Å². The van der Waals surface area contributed by atoms with Gasteiger partial charge in [0.15, 0.2) is 0 Å². The Morgan fingerprint density at radius 1 is 1.26 bits per heavy atom. The molecule has 2 bridgehead atoms. The number of benzene rings is 1. The quantitative estimate of drug-likeness (QED) is 0.895. The molecular weight excluding hydrogens is 236 g/mol. The van der Waals surface area contributed by atoms with Gasteiger partial charge in [0.25, 0.3) is 0 Å². The SMILES string of the molecule is OCc1cc2ccccc2c(N2CC3CCC2C3)n1. The van der Waals surface area contributed by atoms with Crippen molar-refractivity contribution in [3.05, 3.63) is 36.0 Å². The van der Waals surface area contributed by atoms with E-state index in [1.165, 1.54) is 30.0 Å². The second kappa shape index (κ2) is 4.20. The molecular formula is C16H18N2O. The third kappa shape index (κ3) is 1.72. The molecule has 1 N–H and O–H groups in total. The molecule has 2 aromatic rings. The summed E-state index contributed by atoms with van der Waals surface area (Å²) in [7, 11) is 0. The molecule has 2 unspecified atom stereocenters. The van der Waals surface area contributed by atoms with E-state index in [0.29, 0.717) is 6.04 Å². The normalized spacial score (nSPS) is 25.4. The largest absolute Gasteiger partial charge is 0.390 e. The van der Waals surface area contributed by atoms with Crippen LogP contribution in [-0.2, 0) is 6.61 Å². The predicted molar refractivity (Wildman–Crippen MR) is 76.1 cm³/mol. The maximum absolute atomic E-state index is 9.42. The van der Waals surface area contributed by atoms with E-state index in [0.717, 1.165) is 24.0 Å². The molecule has 1 aliphatic heterocycles. The molecule has 98 valence electrons. The van der Waals surface area contributed by atoms with Crippen molar-refractivity contribution in [2.45, 2.75) is 31.9 Å². The lowest BCUT2D eigenvalue weighted by Gasteiger charge is -2.29. The highest BCUT2D eigenvalue weighted by molar-refractivity contribution is 5.92. The van der Waals surface area contributed by atoms with Crippen molar-refractivity contribution in [3.63, 3.8) is 0 Å². The monoisotopic (exact) mass is 254 g/mol. The van der Waals surface area contributed by atoms with Gasteiger partial charge in [-0.1, -0.05) is 24.3 Å². The van der Waals surface area contributed by atoms with Crippen LogP contribution in [0.25, 0.3) is 10.8 Å². The van der Waals surface area contributed by atoms with Crippen LogP contribution >= 0.6 is 0 Å². The van der Waals surface area contributed by atoms with Crippen molar-refractivity contribution in [2.75, 3.05) is 11.4 Å². The second-order valence-electron chi connectivity index (χ2n) is 5.80. The van der Waals surface area contributed by atoms with Gasteiger partial charge >= 0.3 is 0 Å². The van der Waals surface area contributed by atoms with Gasteiger partial charge < -0.3 is 10.0 Å². The molecule has 2 aliphatic rings. The Hall–Kier alpha value is -1.61. The number of rotatable bonds is 2. The third-order valence-corrected chi connectivity index (χ3v) is 4.62. The summed E-state index contributed by atoms with van der Waals surface area (Å²) in [5.41, 5.74) is 0.775. The van der Waals surface area contributed by atoms with Crippen LogP contribution in [-0.4, -0.2) is 22.7 Å². The minimum atomic E-state index is 0.0137. The van der Waals surface area contributed by atoms with Gasteiger partial charge in [-0.2, -0.15) is 0 Å². The molecule has 3 heteroatoms. The molecule has 3 nitrogen and oxygen atoms in total. The van der Waals surface area contributed by atoms with Crippen molar-refractivity contribution in [1.29, 1.82) is 0 Å². The number of aromatic nitrogens is 1. The topological polar surface area (TPSA) is 36.4 Å². The van der Waals surface area contributed by atoms with Crippen LogP contribution in [0.1, 0.15) is 25.0 Å². The predicted octanol–water partition coefficient (Wildman–Crippen LogP) is 2.72. The smallest absolute Gasteiger partial charge is 0.137 e. The fraction of sp³-hybridized carbons (Fsp3) is 0.438. The highest BCUT2D eigenvalue weighted by atomic mass is 16.3. The first kappa shape index (κ1) is 11.2. The molecule has 2 fully saturated rings. The highest BCUT2D eigenvalue weighted by Gasteiger charge is 2.38. The molecule has 1 aliphatic carbocycles. The summed E-state index contributed by atoms with van der Waals surface area (Å²) in [6, 6.07) is 11.0. The Kier molecular flexibility index (Phi) is 2.49. The number of pyridine rings is 1. The molecule has 1 saturated carbocycles. The molecule has 4 rings (SSSR count). The Morgan fingerprint density at radius 3 is 2.89 bits per heavy atom. The van der Waals surface area contributed by atoms with Crippen LogP contribution in [0.4, 0.5) is 5.82 Å². The molecule has 1 aromatic carbocycles. The number of aliphatic hydroxyl groups excluding tert-OH is 1. The van der Waals surface area contributed by atoms with E-state index in [-0.39, 0.29) is 6.61 Å². The van der Waals surface area contributed by atoms with E-state index in [1.807, 2.05) is 12.1 Å². The van der Waals surface area contributed by atoms with Gasteiger partial charge in [0, 0.05) is 18.0 Å². The molecule has 2 atom stereocenters. The molecule has 1 saturated heterocycles. The standard InChI is InChI=1S/C16H18N2O/c19-10-13-8-12-3-1-2-4-15(12)16(17-13)18-9-11-5-6-14(18)7-11/h1-4,8,11,14,19H,5-7,9-10H2. The number of hydrogen-bond acceptors (Lipinski definition) is 3. The number of anilines is 1. The van der Waals surface area contributed by atoms with Crippen molar-refractivity contribution < 1.29 is 5.11 Å². The number of hydrogen-bond donors (Lipinski definition) is 1. The van der Waals surface area contributed by atoms with E-state index in [4.69, 9.17) is 4.98 Å². The summed E-state index contributed by atoms with van der Waals surface area (Å²) in [5.74, 6) is 1.93. The lowest BCUT2D eigenvalue weighted by Crippen LogP contribution is -2.32. The molecule has 0 amide bonds. The molecule has 0 spiro atoms. The summed E-state index contributed by atoms with van der Waals surface area (Å²) in [6.07, 6.45) is 3.99. The number of nitrogens with zero attached hydrogens (tertiary/aromatic N) is 2. The maximum Gasteiger partial charge on any atom is 0.137 e. The first-order valence-corrected chi connectivity index (χ1v) is 7.11. The van der Waals surface area contributed by atoms with Gasteiger partial charge in [-0.25, -0.2) is 4.98 Å². The minimum absolute atomic E-state index is 0.0137. The van der Waals surface area contributed by atoms with Crippen molar-refractivity contribution in [2.24, 2.45) is 5.92 Å². The summed E-state index contributed by atoms with van der Waals surface area (Å²) in [4.78, 5) is 7.16. The van der Waals surface area contributed by atoms with Crippen LogP contribution < -0.4 is 4.90 Å². The zero-order valence-corrected chi connectivity index (χ0v) is 10.9. The van der Waals surface area contributed by atoms with Gasteiger partial charge in [0.05, 0.1) is 12.3 Å². The van der Waals surface area contributed by atoms with E-state index >= 15 is 0 Å². The first-order chi connectivity index (χ1) is 9.35. The fourth-order valence-electron chi connectivity index (χ4n) is 3.72. The average molecular weight is 254 g/mol. The lowest BCUT2D eigenvalue weighted by molar-refractivity contribution is 0.277. The number of aliphatic hydroxyl groups is 1. The third-order valence-electron chi connectivity index (χ3n) is 4.62. The van der Waals surface area contributed by atoms with Crippen LogP contribution in [0.5, 0.6) is 0 Å². The molecule has 1 aromatic heterocycles. The van der Waals surface area contributed by atoms with Crippen molar-refractivity contribution in [3.8, 4) is 0 Å². The van der Waals surface area contributed by atoms with Crippen molar-refractivity contribution >= 4 is 16.6 Å². The first-order valence-electron chi connectivity index (χ1n) is 7.11. The van der Waals surface area contributed by atoms with Crippen LogP contribution in [0, 0.1) is 5.92 Å². The maximum atomic E-state index is 9.42. The van der Waals surface area contributed by atoms with Crippen molar-refractivity contribution in [1.82, 2.24) is 4.98 Å². The Bertz CT molecular complexity index is 625. The van der Waals surface area contributed by atoms with Gasteiger partial charge in [-0.05, 0) is 36.6 Å².